The quantitative estimate of drug-likeness (QED) is 0.852. The number of carbonyl (C=O) groups is 1. The van der Waals surface area contributed by atoms with E-state index >= 15 is 0 Å². The highest BCUT2D eigenvalue weighted by Gasteiger charge is 2.25. The van der Waals surface area contributed by atoms with Gasteiger partial charge in [0.05, 0.1) is 12.1 Å². The van der Waals surface area contributed by atoms with Gasteiger partial charge in [0.25, 0.3) is 0 Å². The third-order valence-electron chi connectivity index (χ3n) is 3.48. The molecule has 2 unspecified atom stereocenters. The first-order valence-corrected chi connectivity index (χ1v) is 6.50. The van der Waals surface area contributed by atoms with Crippen molar-refractivity contribution in [3.63, 3.8) is 0 Å². The molecular formula is C14H21N3O. The van der Waals surface area contributed by atoms with Gasteiger partial charge in [0.1, 0.15) is 0 Å². The first-order valence-electron chi connectivity index (χ1n) is 6.50. The summed E-state index contributed by atoms with van der Waals surface area (Å²) in [5.74, 6) is 0.626. The average molecular weight is 247 g/mol. The van der Waals surface area contributed by atoms with Gasteiger partial charge in [0.15, 0.2) is 0 Å². The van der Waals surface area contributed by atoms with Crippen molar-refractivity contribution in [2.75, 3.05) is 13.1 Å². The number of pyridine rings is 1. The number of nitrogens with zero attached hydrogens (tertiary/aromatic N) is 2. The van der Waals surface area contributed by atoms with Gasteiger partial charge in [-0.15, -0.1) is 0 Å². The van der Waals surface area contributed by atoms with Crippen molar-refractivity contribution < 1.29 is 4.79 Å². The fraction of sp³-hybridized carbons (Fsp3) is 0.571. The summed E-state index contributed by atoms with van der Waals surface area (Å²) in [6.45, 7) is 5.62. The molecule has 0 bridgehead atoms. The van der Waals surface area contributed by atoms with Gasteiger partial charge in [-0.3, -0.25) is 9.78 Å². The molecule has 2 heterocycles. The summed E-state index contributed by atoms with van der Waals surface area (Å²) in [5.41, 5.74) is 7.91. The Hall–Kier alpha value is -1.42. The number of carbonyl (C=O) groups excluding carboxylic acids is 1. The van der Waals surface area contributed by atoms with Crippen LogP contribution in [0, 0.1) is 12.8 Å². The van der Waals surface area contributed by atoms with Crippen LogP contribution in [0.3, 0.4) is 0 Å². The zero-order valence-corrected chi connectivity index (χ0v) is 11.1. The van der Waals surface area contributed by atoms with E-state index < -0.39 is 0 Å². The molecule has 4 nitrogen and oxygen atoms in total. The van der Waals surface area contributed by atoms with E-state index in [1.54, 1.807) is 6.20 Å². The molecule has 2 rings (SSSR count). The van der Waals surface area contributed by atoms with Gasteiger partial charge in [-0.25, -0.2) is 0 Å². The number of aromatic nitrogens is 1. The zero-order chi connectivity index (χ0) is 13.1. The molecule has 1 aromatic heterocycles. The molecule has 1 amide bonds. The summed E-state index contributed by atoms with van der Waals surface area (Å²) in [7, 11) is 0. The van der Waals surface area contributed by atoms with E-state index in [0.29, 0.717) is 18.9 Å². The van der Waals surface area contributed by atoms with Crippen molar-refractivity contribution in [2.45, 2.75) is 32.7 Å². The fourth-order valence-corrected chi connectivity index (χ4v) is 2.56. The minimum Gasteiger partial charge on any atom is -0.341 e. The van der Waals surface area contributed by atoms with Crippen LogP contribution in [0.2, 0.25) is 0 Å². The number of aryl methyl sites for hydroxylation is 1. The number of hydrogen-bond acceptors (Lipinski definition) is 3. The molecule has 0 spiro atoms. The maximum Gasteiger partial charge on any atom is 0.228 e. The summed E-state index contributed by atoms with van der Waals surface area (Å²) in [6, 6.07) is 3.99. The number of nitrogens with two attached hydrogens (primary N) is 1. The van der Waals surface area contributed by atoms with E-state index in [1.165, 1.54) is 0 Å². The Balaban J connectivity index is 2.02. The third-order valence-corrected chi connectivity index (χ3v) is 3.48. The van der Waals surface area contributed by atoms with Crippen LogP contribution < -0.4 is 5.73 Å². The summed E-state index contributed by atoms with van der Waals surface area (Å²) in [5, 5.41) is 0. The Bertz CT molecular complexity index is 423. The van der Waals surface area contributed by atoms with Crippen molar-refractivity contribution in [2.24, 2.45) is 11.7 Å². The van der Waals surface area contributed by atoms with Crippen LogP contribution in [0.1, 0.15) is 24.6 Å². The maximum absolute atomic E-state index is 12.2. The van der Waals surface area contributed by atoms with Crippen LogP contribution in [0.4, 0.5) is 0 Å². The predicted molar refractivity (Wildman–Crippen MR) is 71.0 cm³/mol. The van der Waals surface area contributed by atoms with Gasteiger partial charge < -0.3 is 10.6 Å². The summed E-state index contributed by atoms with van der Waals surface area (Å²) < 4.78 is 0. The molecule has 98 valence electrons. The number of rotatable bonds is 2. The predicted octanol–water partition coefficient (Wildman–Crippen LogP) is 1.13. The van der Waals surface area contributed by atoms with Crippen molar-refractivity contribution >= 4 is 5.91 Å². The normalized spacial score (nSPS) is 24.1. The molecule has 0 aliphatic carbocycles. The molecule has 18 heavy (non-hydrogen) atoms. The van der Waals surface area contributed by atoms with Gasteiger partial charge in [0, 0.05) is 25.3 Å². The molecule has 2 N–H and O–H groups in total. The number of likely N-dealkylation sites (tertiary alicyclic amines) is 1. The second kappa shape index (κ2) is 5.48. The third kappa shape index (κ3) is 3.07. The van der Waals surface area contributed by atoms with Crippen LogP contribution in [-0.2, 0) is 11.2 Å². The van der Waals surface area contributed by atoms with Crippen LogP contribution in [0.5, 0.6) is 0 Å². The average Bonchev–Trinajstić information content (AvgIpc) is 2.31. The first-order chi connectivity index (χ1) is 8.56. The number of amides is 1. The van der Waals surface area contributed by atoms with E-state index in [1.807, 2.05) is 24.0 Å². The molecular weight excluding hydrogens is 226 g/mol. The van der Waals surface area contributed by atoms with E-state index in [0.717, 1.165) is 24.2 Å². The van der Waals surface area contributed by atoms with Gasteiger partial charge in [-0.1, -0.05) is 13.0 Å². The van der Waals surface area contributed by atoms with E-state index in [2.05, 4.69) is 11.9 Å². The highest BCUT2D eigenvalue weighted by atomic mass is 16.2. The standard InChI is InChI=1S/C14H21N3O/c1-10-6-12(15)9-17(8-10)14(18)7-13-11(2)4-3-5-16-13/h3-5,10,12H,6-9,15H2,1-2H3. The van der Waals surface area contributed by atoms with Crippen LogP contribution >= 0.6 is 0 Å². The van der Waals surface area contributed by atoms with Gasteiger partial charge in [-0.05, 0) is 30.9 Å². The lowest BCUT2D eigenvalue weighted by Crippen LogP contribution is -2.49. The largest absolute Gasteiger partial charge is 0.341 e. The minimum atomic E-state index is 0.113. The lowest BCUT2D eigenvalue weighted by Gasteiger charge is -2.34. The lowest BCUT2D eigenvalue weighted by atomic mass is 9.96. The monoisotopic (exact) mass is 247 g/mol. The second-order valence-electron chi connectivity index (χ2n) is 5.34. The molecule has 1 aliphatic rings. The molecule has 2 atom stereocenters. The molecule has 1 saturated heterocycles. The molecule has 0 aromatic carbocycles. The van der Waals surface area contributed by atoms with E-state index in [4.69, 9.17) is 5.73 Å². The first kappa shape index (κ1) is 13.0. The molecule has 1 aromatic rings. The lowest BCUT2D eigenvalue weighted by molar-refractivity contribution is -0.132. The highest BCUT2D eigenvalue weighted by molar-refractivity contribution is 5.78. The van der Waals surface area contributed by atoms with Gasteiger partial charge in [-0.2, -0.15) is 0 Å². The summed E-state index contributed by atoms with van der Waals surface area (Å²) >= 11 is 0. The van der Waals surface area contributed by atoms with Crippen LogP contribution in [0.25, 0.3) is 0 Å². The highest BCUT2D eigenvalue weighted by Crippen LogP contribution is 2.16. The Morgan fingerprint density at radius 1 is 1.56 bits per heavy atom. The van der Waals surface area contributed by atoms with Crippen molar-refractivity contribution in [3.05, 3.63) is 29.6 Å². The molecule has 1 aliphatic heterocycles. The van der Waals surface area contributed by atoms with Crippen LogP contribution in [0.15, 0.2) is 18.3 Å². The van der Waals surface area contributed by atoms with E-state index in [-0.39, 0.29) is 11.9 Å². The molecule has 0 saturated carbocycles. The van der Waals surface area contributed by atoms with Gasteiger partial charge >= 0.3 is 0 Å². The Labute approximate surface area is 108 Å². The van der Waals surface area contributed by atoms with Crippen molar-refractivity contribution in [3.8, 4) is 0 Å². The fourth-order valence-electron chi connectivity index (χ4n) is 2.56. The summed E-state index contributed by atoms with van der Waals surface area (Å²) in [4.78, 5) is 18.4. The summed E-state index contributed by atoms with van der Waals surface area (Å²) in [6.07, 6.45) is 3.12. The molecule has 4 heteroatoms. The topological polar surface area (TPSA) is 59.2 Å². The maximum atomic E-state index is 12.2. The van der Waals surface area contributed by atoms with Crippen LogP contribution in [-0.4, -0.2) is 34.9 Å². The Morgan fingerprint density at radius 3 is 3.00 bits per heavy atom. The van der Waals surface area contributed by atoms with Crippen molar-refractivity contribution in [1.29, 1.82) is 0 Å². The second-order valence-corrected chi connectivity index (χ2v) is 5.34. The Morgan fingerprint density at radius 2 is 2.33 bits per heavy atom. The SMILES string of the molecule is Cc1cccnc1CC(=O)N1CC(C)CC(N)C1. The number of hydrogen-bond donors (Lipinski definition) is 1. The van der Waals surface area contributed by atoms with Crippen molar-refractivity contribution in [1.82, 2.24) is 9.88 Å². The smallest absolute Gasteiger partial charge is 0.228 e. The van der Waals surface area contributed by atoms with Gasteiger partial charge in [0.2, 0.25) is 5.91 Å². The van der Waals surface area contributed by atoms with E-state index in [9.17, 15) is 4.79 Å². The zero-order valence-electron chi connectivity index (χ0n) is 11.1. The minimum absolute atomic E-state index is 0.113. The molecule has 0 radical (unpaired) electrons. The number of piperidine rings is 1. The Kier molecular flexibility index (Phi) is 3.97. The molecule has 1 fully saturated rings.